The summed E-state index contributed by atoms with van der Waals surface area (Å²) in [5.41, 5.74) is 1.06. The highest BCUT2D eigenvalue weighted by Crippen LogP contribution is 2.19. The second-order valence-electron chi connectivity index (χ2n) is 5.64. The lowest BCUT2D eigenvalue weighted by Crippen LogP contribution is -2.39. The van der Waals surface area contributed by atoms with E-state index < -0.39 is 0 Å². The Bertz CT molecular complexity index is 694. The number of likely N-dealkylation sites (tertiary alicyclic amines) is 1. The number of amides is 1. The summed E-state index contributed by atoms with van der Waals surface area (Å²) >= 11 is 0. The summed E-state index contributed by atoms with van der Waals surface area (Å²) < 4.78 is 0. The molecular formula is C18H18N2O. The molecule has 2 aromatic rings. The van der Waals surface area contributed by atoms with Crippen LogP contribution in [0.3, 0.4) is 0 Å². The van der Waals surface area contributed by atoms with Crippen LogP contribution in [-0.2, 0) is 11.2 Å². The second-order valence-corrected chi connectivity index (χ2v) is 5.64. The van der Waals surface area contributed by atoms with Gasteiger partial charge < -0.3 is 4.90 Å². The van der Waals surface area contributed by atoms with Gasteiger partial charge in [-0.15, -0.1) is 0 Å². The van der Waals surface area contributed by atoms with Gasteiger partial charge in [0.05, 0.1) is 12.5 Å². The molecule has 1 aliphatic rings. The molecule has 0 bridgehead atoms. The minimum Gasteiger partial charge on any atom is -0.342 e. The van der Waals surface area contributed by atoms with Gasteiger partial charge in [0.2, 0.25) is 5.91 Å². The van der Waals surface area contributed by atoms with Gasteiger partial charge in [-0.3, -0.25) is 4.79 Å². The van der Waals surface area contributed by atoms with Crippen molar-refractivity contribution < 1.29 is 4.79 Å². The highest BCUT2D eigenvalue weighted by Gasteiger charge is 2.22. The lowest BCUT2D eigenvalue weighted by atomic mass is 9.98. The van der Waals surface area contributed by atoms with E-state index in [0.29, 0.717) is 19.5 Å². The number of benzene rings is 2. The molecule has 0 atom stereocenters. The number of rotatable bonds is 2. The molecule has 0 unspecified atom stereocenters. The zero-order valence-corrected chi connectivity index (χ0v) is 12.0. The molecule has 0 saturated carbocycles. The molecule has 2 aromatic carbocycles. The van der Waals surface area contributed by atoms with E-state index >= 15 is 0 Å². The van der Waals surface area contributed by atoms with E-state index in [4.69, 9.17) is 5.26 Å². The van der Waals surface area contributed by atoms with Gasteiger partial charge in [-0.2, -0.15) is 5.26 Å². The molecule has 106 valence electrons. The van der Waals surface area contributed by atoms with E-state index in [1.165, 1.54) is 10.8 Å². The van der Waals surface area contributed by atoms with Crippen LogP contribution in [0.5, 0.6) is 0 Å². The Labute approximate surface area is 124 Å². The van der Waals surface area contributed by atoms with Crippen LogP contribution in [0, 0.1) is 17.2 Å². The van der Waals surface area contributed by atoms with Crippen LogP contribution >= 0.6 is 0 Å². The average molecular weight is 278 g/mol. The maximum Gasteiger partial charge on any atom is 0.226 e. The number of hydrogen-bond acceptors (Lipinski definition) is 2. The number of carbonyl (C=O) groups excluding carboxylic acids is 1. The van der Waals surface area contributed by atoms with E-state index in [1.54, 1.807) is 0 Å². The molecule has 1 amide bonds. The summed E-state index contributed by atoms with van der Waals surface area (Å²) in [5, 5.41) is 11.3. The van der Waals surface area contributed by atoms with Gasteiger partial charge in [-0.25, -0.2) is 0 Å². The van der Waals surface area contributed by atoms with Gasteiger partial charge >= 0.3 is 0 Å². The van der Waals surface area contributed by atoms with Crippen molar-refractivity contribution in [2.45, 2.75) is 19.3 Å². The van der Waals surface area contributed by atoms with Crippen molar-refractivity contribution in [3.05, 3.63) is 48.0 Å². The Morgan fingerprint density at radius 2 is 1.86 bits per heavy atom. The predicted molar refractivity (Wildman–Crippen MR) is 82.6 cm³/mol. The quantitative estimate of drug-likeness (QED) is 0.847. The molecule has 0 aromatic heterocycles. The van der Waals surface area contributed by atoms with Crippen LogP contribution < -0.4 is 0 Å². The number of fused-ring (bicyclic) bond motifs is 1. The first-order valence-electron chi connectivity index (χ1n) is 7.41. The third kappa shape index (κ3) is 3.05. The molecule has 0 radical (unpaired) electrons. The molecule has 3 heteroatoms. The highest BCUT2D eigenvalue weighted by molar-refractivity contribution is 5.85. The summed E-state index contributed by atoms with van der Waals surface area (Å²) in [6.07, 6.45) is 2.06. The van der Waals surface area contributed by atoms with E-state index in [0.717, 1.165) is 18.4 Å². The molecular weight excluding hydrogens is 260 g/mol. The van der Waals surface area contributed by atoms with Crippen LogP contribution in [0.15, 0.2) is 42.5 Å². The maximum absolute atomic E-state index is 12.3. The number of nitriles is 1. The third-order valence-electron chi connectivity index (χ3n) is 4.20. The number of hydrogen-bond donors (Lipinski definition) is 0. The Hall–Kier alpha value is -2.34. The summed E-state index contributed by atoms with van der Waals surface area (Å²) in [7, 11) is 0. The Balaban J connectivity index is 1.68. The number of piperidine rings is 1. The van der Waals surface area contributed by atoms with E-state index in [-0.39, 0.29) is 11.8 Å². The number of carbonyl (C=O) groups is 1. The molecule has 0 spiro atoms. The largest absolute Gasteiger partial charge is 0.342 e. The Kier molecular flexibility index (Phi) is 3.87. The summed E-state index contributed by atoms with van der Waals surface area (Å²) in [6, 6.07) is 16.7. The van der Waals surface area contributed by atoms with Gasteiger partial charge in [-0.1, -0.05) is 42.5 Å². The van der Waals surface area contributed by atoms with Crippen molar-refractivity contribution in [3.8, 4) is 6.07 Å². The maximum atomic E-state index is 12.3. The van der Waals surface area contributed by atoms with Crippen LogP contribution in [0.1, 0.15) is 18.4 Å². The topological polar surface area (TPSA) is 44.1 Å². The van der Waals surface area contributed by atoms with Gasteiger partial charge in [-0.05, 0) is 29.2 Å². The van der Waals surface area contributed by atoms with Crippen molar-refractivity contribution >= 4 is 16.7 Å². The van der Waals surface area contributed by atoms with E-state index in [2.05, 4.69) is 30.3 Å². The fraction of sp³-hybridized carbons (Fsp3) is 0.333. The number of nitrogens with zero attached hydrogens (tertiary/aromatic N) is 2. The molecule has 3 nitrogen and oxygen atoms in total. The smallest absolute Gasteiger partial charge is 0.226 e. The standard InChI is InChI=1S/C18H18N2O/c19-13-14-7-9-20(10-8-14)18(21)12-15-5-6-16-3-1-2-4-17(16)11-15/h1-6,11,14H,7-10,12H2. The second kappa shape index (κ2) is 5.97. The molecule has 21 heavy (non-hydrogen) atoms. The fourth-order valence-electron chi connectivity index (χ4n) is 2.89. The first-order valence-corrected chi connectivity index (χ1v) is 7.41. The molecule has 1 aliphatic heterocycles. The molecule has 3 rings (SSSR count). The first-order chi connectivity index (χ1) is 10.3. The predicted octanol–water partition coefficient (Wildman–Crippen LogP) is 3.14. The minimum absolute atomic E-state index is 0.120. The zero-order chi connectivity index (χ0) is 14.7. The van der Waals surface area contributed by atoms with Crippen LogP contribution in [-0.4, -0.2) is 23.9 Å². The average Bonchev–Trinajstić information content (AvgIpc) is 2.55. The van der Waals surface area contributed by atoms with E-state index in [1.807, 2.05) is 23.1 Å². The lowest BCUT2D eigenvalue weighted by molar-refractivity contribution is -0.131. The molecule has 1 saturated heterocycles. The third-order valence-corrected chi connectivity index (χ3v) is 4.20. The Morgan fingerprint density at radius 3 is 2.57 bits per heavy atom. The van der Waals surface area contributed by atoms with Crippen molar-refractivity contribution in [3.63, 3.8) is 0 Å². The van der Waals surface area contributed by atoms with Gasteiger partial charge in [0.15, 0.2) is 0 Å². The van der Waals surface area contributed by atoms with Crippen molar-refractivity contribution in [2.24, 2.45) is 5.92 Å². The monoisotopic (exact) mass is 278 g/mol. The van der Waals surface area contributed by atoms with Gasteiger partial charge in [0, 0.05) is 19.0 Å². The molecule has 1 fully saturated rings. The fourth-order valence-corrected chi connectivity index (χ4v) is 2.89. The summed E-state index contributed by atoms with van der Waals surface area (Å²) in [6.45, 7) is 1.43. The normalized spacial score (nSPS) is 15.9. The first kappa shape index (κ1) is 13.6. The van der Waals surface area contributed by atoms with E-state index in [9.17, 15) is 4.79 Å². The van der Waals surface area contributed by atoms with Gasteiger partial charge in [0.25, 0.3) is 0 Å². The van der Waals surface area contributed by atoms with Crippen LogP contribution in [0.2, 0.25) is 0 Å². The van der Waals surface area contributed by atoms with Crippen LogP contribution in [0.4, 0.5) is 0 Å². The Morgan fingerprint density at radius 1 is 1.14 bits per heavy atom. The van der Waals surface area contributed by atoms with Crippen LogP contribution in [0.25, 0.3) is 10.8 Å². The molecule has 0 aliphatic carbocycles. The summed E-state index contributed by atoms with van der Waals surface area (Å²) in [5.74, 6) is 0.288. The lowest BCUT2D eigenvalue weighted by Gasteiger charge is -2.29. The summed E-state index contributed by atoms with van der Waals surface area (Å²) in [4.78, 5) is 14.2. The van der Waals surface area contributed by atoms with Crippen molar-refractivity contribution in [2.75, 3.05) is 13.1 Å². The highest BCUT2D eigenvalue weighted by atomic mass is 16.2. The minimum atomic E-state index is 0.120. The van der Waals surface area contributed by atoms with Crippen molar-refractivity contribution in [1.29, 1.82) is 5.26 Å². The molecule has 1 heterocycles. The molecule has 0 N–H and O–H groups in total. The van der Waals surface area contributed by atoms with Gasteiger partial charge in [0.1, 0.15) is 0 Å². The zero-order valence-electron chi connectivity index (χ0n) is 12.0. The van der Waals surface area contributed by atoms with Crippen molar-refractivity contribution in [1.82, 2.24) is 4.90 Å². The SMILES string of the molecule is N#CC1CCN(C(=O)Cc2ccc3ccccc3c2)CC1.